The van der Waals surface area contributed by atoms with Crippen LogP contribution in [0.1, 0.15) is 0 Å². The maximum absolute atomic E-state index is 8.57. The van der Waals surface area contributed by atoms with Crippen molar-refractivity contribution in [1.82, 2.24) is 15.0 Å². The third-order valence-corrected chi connectivity index (χ3v) is 0.600. The van der Waals surface area contributed by atoms with E-state index in [0.717, 1.165) is 0 Å². The zero-order valence-electron chi connectivity index (χ0n) is 5.62. The summed E-state index contributed by atoms with van der Waals surface area (Å²) < 4.78 is 8.57. The molecule has 13 heavy (non-hydrogen) atoms. The number of hydrogen-bond acceptors (Lipinski definition) is 7. The highest BCUT2D eigenvalue weighted by molar-refractivity contribution is 7.16. The van der Waals surface area contributed by atoms with E-state index in [0.29, 0.717) is 0 Å². The molecule has 1 atom stereocenters. The Hall–Kier alpha value is -0.868. The number of aromatic nitrogens is 3. The third kappa shape index (κ3) is 7.49. The second-order valence-corrected chi connectivity index (χ2v) is 1.55. The monoisotopic (exact) mass is 225 g/mol. The van der Waals surface area contributed by atoms with Crippen molar-refractivity contribution in [2.45, 2.75) is 0 Å². The lowest BCUT2D eigenvalue weighted by atomic mass is 10.9. The van der Waals surface area contributed by atoms with Crippen LogP contribution in [-0.2, 0) is 4.57 Å². The van der Waals surface area contributed by atoms with Gasteiger partial charge in [0.2, 0.25) is 0 Å². The van der Waals surface area contributed by atoms with Gasteiger partial charge in [-0.05, 0) is 0 Å². The molecule has 0 saturated heterocycles. The molecule has 0 saturated carbocycles. The van der Waals surface area contributed by atoms with Crippen molar-refractivity contribution >= 4 is 26.0 Å². The van der Waals surface area contributed by atoms with E-state index in [2.05, 4.69) is 15.0 Å². The molecule has 0 spiro atoms. The maximum atomic E-state index is 8.57. The van der Waals surface area contributed by atoms with Crippen molar-refractivity contribution < 1.29 is 24.8 Å². The summed E-state index contributed by atoms with van der Waals surface area (Å²) in [5.74, 6) is 0. The molecule has 0 amide bonds. The van der Waals surface area contributed by atoms with Crippen molar-refractivity contribution in [3.63, 3.8) is 0 Å². The first-order valence-corrected chi connectivity index (χ1v) is 3.49. The van der Waals surface area contributed by atoms with Crippen LogP contribution in [0, 0.1) is 0 Å². The summed E-state index contributed by atoms with van der Waals surface area (Å²) in [6.45, 7) is 0. The Morgan fingerprint density at radius 3 is 1.23 bits per heavy atom. The van der Waals surface area contributed by atoms with Crippen LogP contribution in [0.25, 0.3) is 0 Å². The molecule has 1 heterocycles. The molecule has 0 bridgehead atoms. The van der Waals surface area contributed by atoms with E-state index in [-0.39, 0.29) is 17.4 Å². The van der Waals surface area contributed by atoms with Gasteiger partial charge in [-0.3, -0.25) is 4.57 Å². The van der Waals surface area contributed by atoms with Gasteiger partial charge in [0, 0.05) is 0 Å². The van der Waals surface area contributed by atoms with Crippen LogP contribution in [0.2, 0.25) is 0 Å². The van der Waals surface area contributed by atoms with Crippen LogP contribution < -0.4 is 0 Å². The SMILES string of the molecule is O=[PH2]O.Oc1nc(O)nc(O)n1.[AlH3]. The van der Waals surface area contributed by atoms with E-state index >= 15 is 0 Å². The Morgan fingerprint density at radius 1 is 0.923 bits per heavy atom. The third-order valence-electron chi connectivity index (χ3n) is 0.600. The fourth-order valence-electron chi connectivity index (χ4n) is 0.343. The summed E-state index contributed by atoms with van der Waals surface area (Å²) in [7, 11) is -1.50. The Morgan fingerprint density at radius 2 is 1.08 bits per heavy atom. The van der Waals surface area contributed by atoms with E-state index in [9.17, 15) is 0 Å². The fourth-order valence-corrected chi connectivity index (χ4v) is 0.343. The lowest BCUT2D eigenvalue weighted by molar-refractivity contribution is 0.344. The largest absolute Gasteiger partial charge is 0.479 e. The van der Waals surface area contributed by atoms with Gasteiger partial charge in [-0.25, -0.2) is 0 Å². The summed E-state index contributed by atoms with van der Waals surface area (Å²) in [5.41, 5.74) is 0. The number of aromatic hydroxyl groups is 3. The number of rotatable bonds is 0. The molecule has 74 valence electrons. The molecule has 0 aliphatic heterocycles. The van der Waals surface area contributed by atoms with Gasteiger partial charge in [0.05, 0.1) is 0 Å². The first-order chi connectivity index (χ1) is 5.60. The highest BCUT2D eigenvalue weighted by Crippen LogP contribution is 2.08. The average molecular weight is 225 g/mol. The summed E-state index contributed by atoms with van der Waals surface area (Å²) in [5, 5.41) is 25.2. The minimum absolute atomic E-state index is 0. The molecule has 1 aromatic heterocycles. The minimum atomic E-state index is -1.50. The summed E-state index contributed by atoms with van der Waals surface area (Å²) in [4.78, 5) is 16.0. The van der Waals surface area contributed by atoms with Gasteiger partial charge >= 0.3 is 18.0 Å². The zero-order chi connectivity index (χ0) is 9.56. The lowest BCUT2D eigenvalue weighted by Crippen LogP contribution is -1.85. The molecule has 4 N–H and O–H groups in total. The van der Waals surface area contributed by atoms with Gasteiger partial charge in [0.1, 0.15) is 0 Å². The summed E-state index contributed by atoms with van der Waals surface area (Å²) in [6.07, 6.45) is 0. The van der Waals surface area contributed by atoms with Gasteiger partial charge in [-0.2, -0.15) is 0 Å². The first kappa shape index (κ1) is 14.6. The molecule has 0 fully saturated rings. The highest BCUT2D eigenvalue weighted by atomic mass is 31.1. The Labute approximate surface area is 84.4 Å². The van der Waals surface area contributed by atoms with Gasteiger partial charge in [0.15, 0.2) is 26.0 Å². The van der Waals surface area contributed by atoms with Gasteiger partial charge < -0.3 is 20.2 Å². The van der Waals surface area contributed by atoms with E-state index in [1.165, 1.54) is 0 Å². The molecule has 0 aliphatic rings. The van der Waals surface area contributed by atoms with Crippen LogP contribution in [0.3, 0.4) is 0 Å². The highest BCUT2D eigenvalue weighted by Gasteiger charge is 1.99. The molecule has 1 unspecified atom stereocenters. The quantitative estimate of drug-likeness (QED) is 0.280. The van der Waals surface area contributed by atoms with Crippen molar-refractivity contribution in [1.29, 1.82) is 0 Å². The van der Waals surface area contributed by atoms with E-state index < -0.39 is 26.7 Å². The van der Waals surface area contributed by atoms with Crippen LogP contribution in [0.15, 0.2) is 0 Å². The molecule has 0 aliphatic carbocycles. The van der Waals surface area contributed by atoms with Crippen molar-refractivity contribution in [2.75, 3.05) is 0 Å². The van der Waals surface area contributed by atoms with Gasteiger partial charge in [-0.1, -0.05) is 0 Å². The predicted octanol–water partition coefficient (Wildman–Crippen LogP) is -2.55. The van der Waals surface area contributed by atoms with Crippen LogP contribution >= 0.6 is 8.69 Å². The van der Waals surface area contributed by atoms with Crippen molar-refractivity contribution in [2.24, 2.45) is 0 Å². The zero-order valence-corrected chi connectivity index (χ0v) is 6.77. The fraction of sp³-hybridized carbons (Fsp3) is 0. The second kappa shape index (κ2) is 7.76. The topological polar surface area (TPSA) is 137 Å². The molecule has 0 aromatic carbocycles. The standard InChI is InChI=1S/C3H3N3O3.Al.H3O2P.3H/c7-1-4-2(8)6-3(9)5-1;;1-3-2;;;/h(H3,4,5,6,7,8,9);;3H2,(H,1,2);;;. The molecular weight excluding hydrogens is 216 g/mol. The van der Waals surface area contributed by atoms with Gasteiger partial charge in [-0.15, -0.1) is 15.0 Å². The Kier molecular flexibility index (Phi) is 8.75. The van der Waals surface area contributed by atoms with Crippen LogP contribution in [-0.4, -0.2) is 52.5 Å². The van der Waals surface area contributed by atoms with E-state index in [4.69, 9.17) is 24.8 Å². The Balaban J connectivity index is 0. The number of hydrogen-bond donors (Lipinski definition) is 4. The lowest BCUT2D eigenvalue weighted by Gasteiger charge is -1.90. The van der Waals surface area contributed by atoms with Crippen LogP contribution in [0.5, 0.6) is 18.0 Å². The summed E-state index contributed by atoms with van der Waals surface area (Å²) in [6, 6.07) is -2.12. The molecule has 1 rings (SSSR count). The van der Waals surface area contributed by atoms with Crippen LogP contribution in [0.4, 0.5) is 0 Å². The Bertz CT molecular complexity index is 223. The second-order valence-electron chi connectivity index (χ2n) is 1.34. The maximum Gasteiger partial charge on any atom is 0.323 e. The smallest absolute Gasteiger partial charge is 0.323 e. The predicted molar refractivity (Wildman–Crippen MR) is 47.4 cm³/mol. The molecule has 0 radical (unpaired) electrons. The van der Waals surface area contributed by atoms with Gasteiger partial charge in [0.25, 0.3) is 0 Å². The minimum Gasteiger partial charge on any atom is -0.479 e. The number of nitrogens with zero attached hydrogens (tertiary/aromatic N) is 3. The summed E-state index contributed by atoms with van der Waals surface area (Å²) >= 11 is 0. The average Bonchev–Trinajstić information content (AvgIpc) is 1.84. The molecule has 8 nitrogen and oxygen atoms in total. The molecular formula is C3H9AlN3O5P. The molecule has 10 heteroatoms. The first-order valence-electron chi connectivity index (χ1n) is 2.51. The van der Waals surface area contributed by atoms with E-state index in [1.54, 1.807) is 0 Å². The van der Waals surface area contributed by atoms with Crippen molar-refractivity contribution in [3.8, 4) is 18.0 Å². The van der Waals surface area contributed by atoms with Crippen molar-refractivity contribution in [3.05, 3.63) is 0 Å². The van der Waals surface area contributed by atoms with E-state index in [1.807, 2.05) is 0 Å². The normalized spacial score (nSPS) is 8.69. The molecule has 1 aromatic rings.